The number of ether oxygens (including phenoxy) is 2. The molecule has 0 aliphatic carbocycles. The van der Waals surface area contributed by atoms with Crippen molar-refractivity contribution in [1.29, 1.82) is 0 Å². The average Bonchev–Trinajstić information content (AvgIpc) is 3.19. The highest BCUT2D eigenvalue weighted by atomic mass is 16.5. The van der Waals surface area contributed by atoms with Gasteiger partial charge < -0.3 is 18.9 Å². The number of hydrogen-bond acceptors (Lipinski definition) is 7. The molecule has 3 heterocycles. The fourth-order valence-electron chi connectivity index (χ4n) is 3.91. The standard InChI is InChI=1S/C26H30N4O4/c1-19-23(20(2)34-28-19)18-33-24-8-6-21(15-25(24)32-3)7-9-26(31)30-13-11-29(12-14-30)17-22-5-4-10-27-16-22/h4-10,15-16H,11-14,17-18H2,1-3H3/b9-7+. The van der Waals surface area contributed by atoms with Gasteiger partial charge in [-0.1, -0.05) is 17.3 Å². The number of methoxy groups -OCH3 is 1. The van der Waals surface area contributed by atoms with Crippen LogP contribution >= 0.6 is 0 Å². The van der Waals surface area contributed by atoms with Gasteiger partial charge in [0.25, 0.3) is 0 Å². The number of aromatic nitrogens is 2. The van der Waals surface area contributed by atoms with E-state index in [2.05, 4.69) is 21.1 Å². The molecule has 1 fully saturated rings. The van der Waals surface area contributed by atoms with Gasteiger partial charge in [-0.15, -0.1) is 0 Å². The van der Waals surface area contributed by atoms with Crippen LogP contribution < -0.4 is 9.47 Å². The monoisotopic (exact) mass is 462 g/mol. The van der Waals surface area contributed by atoms with E-state index in [-0.39, 0.29) is 5.91 Å². The highest BCUT2D eigenvalue weighted by molar-refractivity contribution is 5.92. The lowest BCUT2D eigenvalue weighted by atomic mass is 10.1. The first-order valence-corrected chi connectivity index (χ1v) is 11.3. The summed E-state index contributed by atoms with van der Waals surface area (Å²) in [5.41, 5.74) is 3.80. The molecule has 4 rings (SSSR count). The van der Waals surface area contributed by atoms with Crippen molar-refractivity contribution in [1.82, 2.24) is 19.9 Å². The predicted molar refractivity (Wildman–Crippen MR) is 128 cm³/mol. The summed E-state index contributed by atoms with van der Waals surface area (Å²) in [5, 5.41) is 3.95. The van der Waals surface area contributed by atoms with Crippen molar-refractivity contribution in [3.63, 3.8) is 0 Å². The number of aryl methyl sites for hydroxylation is 2. The van der Waals surface area contributed by atoms with Crippen molar-refractivity contribution in [2.45, 2.75) is 27.0 Å². The Morgan fingerprint density at radius 2 is 1.97 bits per heavy atom. The summed E-state index contributed by atoms with van der Waals surface area (Å²) in [6, 6.07) is 9.64. The van der Waals surface area contributed by atoms with Gasteiger partial charge in [-0.3, -0.25) is 14.7 Å². The number of pyridine rings is 1. The Bertz CT molecular complexity index is 1120. The third-order valence-electron chi connectivity index (χ3n) is 5.97. The number of benzene rings is 1. The summed E-state index contributed by atoms with van der Waals surface area (Å²) >= 11 is 0. The van der Waals surface area contributed by atoms with Crippen molar-refractivity contribution >= 4 is 12.0 Å². The van der Waals surface area contributed by atoms with E-state index in [1.807, 2.05) is 55.3 Å². The number of piperazine rings is 1. The molecule has 8 heteroatoms. The number of hydrogen-bond donors (Lipinski definition) is 0. The number of nitrogens with zero attached hydrogens (tertiary/aromatic N) is 4. The molecule has 0 N–H and O–H groups in total. The summed E-state index contributed by atoms with van der Waals surface area (Å²) in [6.45, 7) is 8.06. The minimum Gasteiger partial charge on any atom is -0.493 e. The summed E-state index contributed by atoms with van der Waals surface area (Å²) < 4.78 is 16.6. The van der Waals surface area contributed by atoms with E-state index in [1.165, 1.54) is 5.56 Å². The largest absolute Gasteiger partial charge is 0.493 e. The van der Waals surface area contributed by atoms with Gasteiger partial charge in [0.05, 0.1) is 18.4 Å². The molecule has 0 atom stereocenters. The zero-order chi connectivity index (χ0) is 23.9. The summed E-state index contributed by atoms with van der Waals surface area (Å²) in [6.07, 6.45) is 7.10. The van der Waals surface area contributed by atoms with Crippen LogP contribution in [0.1, 0.15) is 28.1 Å². The van der Waals surface area contributed by atoms with E-state index in [9.17, 15) is 4.79 Å². The maximum atomic E-state index is 12.7. The van der Waals surface area contributed by atoms with E-state index in [4.69, 9.17) is 14.0 Å². The molecule has 34 heavy (non-hydrogen) atoms. The normalized spacial score (nSPS) is 14.5. The fraction of sp³-hybridized carbons (Fsp3) is 0.346. The van der Waals surface area contributed by atoms with Gasteiger partial charge in [-0.25, -0.2) is 0 Å². The minimum absolute atomic E-state index is 0.0127. The Morgan fingerprint density at radius 3 is 2.65 bits per heavy atom. The molecular formula is C26H30N4O4. The van der Waals surface area contributed by atoms with E-state index in [0.717, 1.165) is 42.2 Å². The van der Waals surface area contributed by atoms with Crippen molar-refractivity contribution in [2.75, 3.05) is 33.3 Å². The highest BCUT2D eigenvalue weighted by Gasteiger charge is 2.19. The maximum Gasteiger partial charge on any atom is 0.246 e. The predicted octanol–water partition coefficient (Wildman–Crippen LogP) is 3.63. The van der Waals surface area contributed by atoms with Gasteiger partial charge in [0.2, 0.25) is 5.91 Å². The molecule has 1 amide bonds. The highest BCUT2D eigenvalue weighted by Crippen LogP contribution is 2.30. The Balaban J connectivity index is 1.31. The van der Waals surface area contributed by atoms with Crippen LogP contribution in [-0.4, -0.2) is 59.1 Å². The number of rotatable bonds is 8. The third kappa shape index (κ3) is 5.82. The Labute approximate surface area is 199 Å². The molecule has 1 aromatic carbocycles. The third-order valence-corrected chi connectivity index (χ3v) is 5.97. The molecule has 1 aliphatic heterocycles. The van der Waals surface area contributed by atoms with Crippen LogP contribution in [-0.2, 0) is 17.9 Å². The van der Waals surface area contributed by atoms with Crippen LogP contribution in [0.5, 0.6) is 11.5 Å². The van der Waals surface area contributed by atoms with Crippen molar-refractivity contribution < 1.29 is 18.8 Å². The Hall–Kier alpha value is -3.65. The summed E-state index contributed by atoms with van der Waals surface area (Å²) in [7, 11) is 1.60. The number of carbonyl (C=O) groups is 1. The van der Waals surface area contributed by atoms with Gasteiger partial charge in [-0.2, -0.15) is 0 Å². The Morgan fingerprint density at radius 1 is 1.15 bits per heavy atom. The second-order valence-electron chi connectivity index (χ2n) is 8.30. The second-order valence-corrected chi connectivity index (χ2v) is 8.30. The molecule has 2 aromatic heterocycles. The topological polar surface area (TPSA) is 80.9 Å². The maximum absolute atomic E-state index is 12.7. The molecule has 0 radical (unpaired) electrons. The smallest absolute Gasteiger partial charge is 0.246 e. The van der Waals surface area contributed by atoms with Crippen LogP contribution in [0.2, 0.25) is 0 Å². The van der Waals surface area contributed by atoms with Gasteiger partial charge in [0, 0.05) is 51.2 Å². The first kappa shape index (κ1) is 23.5. The SMILES string of the molecule is COc1cc(/C=C/C(=O)N2CCN(Cc3cccnc3)CC2)ccc1OCc1c(C)noc1C. The lowest BCUT2D eigenvalue weighted by Crippen LogP contribution is -2.47. The van der Waals surface area contributed by atoms with Crippen LogP contribution in [0.15, 0.2) is 53.3 Å². The van der Waals surface area contributed by atoms with E-state index >= 15 is 0 Å². The molecule has 1 saturated heterocycles. The molecule has 0 unspecified atom stereocenters. The lowest BCUT2D eigenvalue weighted by Gasteiger charge is -2.34. The summed E-state index contributed by atoms with van der Waals surface area (Å²) in [4.78, 5) is 21.1. The van der Waals surface area contributed by atoms with Gasteiger partial charge in [0.1, 0.15) is 12.4 Å². The fourth-order valence-corrected chi connectivity index (χ4v) is 3.91. The van der Waals surface area contributed by atoms with Gasteiger partial charge in [0.15, 0.2) is 11.5 Å². The van der Waals surface area contributed by atoms with E-state index < -0.39 is 0 Å². The van der Waals surface area contributed by atoms with E-state index in [0.29, 0.717) is 31.2 Å². The molecule has 178 valence electrons. The first-order chi connectivity index (χ1) is 16.5. The average molecular weight is 463 g/mol. The number of amides is 1. The zero-order valence-electron chi connectivity index (χ0n) is 19.9. The van der Waals surface area contributed by atoms with Gasteiger partial charge >= 0.3 is 0 Å². The zero-order valence-corrected chi connectivity index (χ0v) is 19.9. The quantitative estimate of drug-likeness (QED) is 0.473. The number of carbonyl (C=O) groups excluding carboxylic acids is 1. The van der Waals surface area contributed by atoms with Crippen molar-refractivity contribution in [2.24, 2.45) is 0 Å². The minimum atomic E-state index is 0.0127. The molecule has 0 bridgehead atoms. The van der Waals surface area contributed by atoms with E-state index in [1.54, 1.807) is 19.4 Å². The molecule has 0 saturated carbocycles. The molecular weight excluding hydrogens is 432 g/mol. The molecule has 3 aromatic rings. The molecule has 8 nitrogen and oxygen atoms in total. The van der Waals surface area contributed by atoms with Crippen LogP contribution in [0.4, 0.5) is 0 Å². The van der Waals surface area contributed by atoms with Gasteiger partial charge in [-0.05, 0) is 49.2 Å². The second kappa shape index (κ2) is 11.0. The van der Waals surface area contributed by atoms with Crippen molar-refractivity contribution in [3.8, 4) is 11.5 Å². The molecule has 0 spiro atoms. The van der Waals surface area contributed by atoms with Crippen LogP contribution in [0.25, 0.3) is 6.08 Å². The first-order valence-electron chi connectivity index (χ1n) is 11.3. The lowest BCUT2D eigenvalue weighted by molar-refractivity contribution is -0.127. The van der Waals surface area contributed by atoms with Crippen molar-refractivity contribution in [3.05, 3.63) is 76.9 Å². The Kier molecular flexibility index (Phi) is 7.59. The van der Waals surface area contributed by atoms with Crippen LogP contribution in [0, 0.1) is 13.8 Å². The van der Waals surface area contributed by atoms with Crippen LogP contribution in [0.3, 0.4) is 0 Å². The molecule has 1 aliphatic rings. The summed E-state index contributed by atoms with van der Waals surface area (Å²) in [5.74, 6) is 1.98.